The van der Waals surface area contributed by atoms with E-state index < -0.39 is 10.9 Å². The SMILES string of the molecule is COC(=O)c1ccc(C=N)cc1[N+](=O)[O-]. The number of rotatable bonds is 3. The van der Waals surface area contributed by atoms with E-state index in [1.165, 1.54) is 12.1 Å². The van der Waals surface area contributed by atoms with Crippen molar-refractivity contribution >= 4 is 17.9 Å². The Bertz CT molecular complexity index is 428. The first kappa shape index (κ1) is 10.8. The maximum absolute atomic E-state index is 11.2. The molecule has 0 atom stereocenters. The third-order valence-corrected chi connectivity index (χ3v) is 1.79. The van der Waals surface area contributed by atoms with Crippen molar-refractivity contribution in [2.24, 2.45) is 0 Å². The summed E-state index contributed by atoms with van der Waals surface area (Å²) >= 11 is 0. The van der Waals surface area contributed by atoms with Gasteiger partial charge in [0.1, 0.15) is 5.56 Å². The van der Waals surface area contributed by atoms with Gasteiger partial charge in [-0.1, -0.05) is 6.07 Å². The largest absolute Gasteiger partial charge is 0.465 e. The Morgan fingerprint density at radius 2 is 2.27 bits per heavy atom. The minimum Gasteiger partial charge on any atom is -0.465 e. The zero-order valence-electron chi connectivity index (χ0n) is 7.89. The zero-order valence-corrected chi connectivity index (χ0v) is 7.89. The summed E-state index contributed by atoms with van der Waals surface area (Å²) in [6.45, 7) is 0. The van der Waals surface area contributed by atoms with Crippen molar-refractivity contribution in [1.29, 1.82) is 5.41 Å². The first-order chi connectivity index (χ1) is 7.10. The van der Waals surface area contributed by atoms with Crippen molar-refractivity contribution in [2.45, 2.75) is 0 Å². The third kappa shape index (κ3) is 2.16. The number of ether oxygens (including phenoxy) is 1. The van der Waals surface area contributed by atoms with Gasteiger partial charge in [-0.25, -0.2) is 4.79 Å². The van der Waals surface area contributed by atoms with Crippen LogP contribution in [-0.2, 0) is 4.74 Å². The average Bonchev–Trinajstić information content (AvgIpc) is 2.27. The number of nitrogens with one attached hydrogen (secondary N) is 1. The number of hydrogen-bond acceptors (Lipinski definition) is 5. The van der Waals surface area contributed by atoms with Gasteiger partial charge in [-0.2, -0.15) is 0 Å². The van der Waals surface area contributed by atoms with E-state index in [4.69, 9.17) is 5.41 Å². The molecule has 1 rings (SSSR count). The second-order valence-electron chi connectivity index (χ2n) is 2.67. The number of esters is 1. The Hall–Kier alpha value is -2.24. The molecule has 0 bridgehead atoms. The Balaban J connectivity index is 3.33. The quantitative estimate of drug-likeness (QED) is 0.351. The molecule has 0 aliphatic carbocycles. The Morgan fingerprint density at radius 1 is 1.60 bits per heavy atom. The maximum Gasteiger partial charge on any atom is 0.344 e. The van der Waals surface area contributed by atoms with Crippen LogP contribution in [0.1, 0.15) is 15.9 Å². The number of hydrogen-bond donors (Lipinski definition) is 1. The summed E-state index contributed by atoms with van der Waals surface area (Å²) in [6.07, 6.45) is 0.966. The lowest BCUT2D eigenvalue weighted by Gasteiger charge is -2.01. The van der Waals surface area contributed by atoms with Crippen molar-refractivity contribution in [2.75, 3.05) is 7.11 Å². The second-order valence-corrected chi connectivity index (χ2v) is 2.67. The van der Waals surface area contributed by atoms with E-state index in [0.717, 1.165) is 19.4 Å². The van der Waals surface area contributed by atoms with Crippen LogP contribution in [0.25, 0.3) is 0 Å². The molecule has 0 amide bonds. The highest BCUT2D eigenvalue weighted by Gasteiger charge is 2.20. The van der Waals surface area contributed by atoms with E-state index in [0.29, 0.717) is 5.56 Å². The summed E-state index contributed by atoms with van der Waals surface area (Å²) in [5, 5.41) is 17.6. The Morgan fingerprint density at radius 3 is 2.73 bits per heavy atom. The normalized spacial score (nSPS) is 9.40. The molecule has 0 aliphatic heterocycles. The zero-order chi connectivity index (χ0) is 11.4. The van der Waals surface area contributed by atoms with Crippen LogP contribution in [-0.4, -0.2) is 24.2 Å². The van der Waals surface area contributed by atoms with Crippen LogP contribution in [0.2, 0.25) is 0 Å². The molecule has 0 aromatic heterocycles. The predicted molar refractivity (Wildman–Crippen MR) is 52.3 cm³/mol. The molecule has 0 radical (unpaired) electrons. The molecule has 0 spiro atoms. The van der Waals surface area contributed by atoms with E-state index in [1.807, 2.05) is 0 Å². The van der Waals surface area contributed by atoms with Gasteiger partial charge in [0, 0.05) is 12.3 Å². The van der Waals surface area contributed by atoms with Crippen molar-refractivity contribution < 1.29 is 14.5 Å². The van der Waals surface area contributed by atoms with Gasteiger partial charge in [0.25, 0.3) is 5.69 Å². The van der Waals surface area contributed by atoms with Gasteiger partial charge in [-0.05, 0) is 11.6 Å². The molecule has 0 unspecified atom stereocenters. The molecular formula is C9H8N2O4. The van der Waals surface area contributed by atoms with E-state index in [1.54, 1.807) is 0 Å². The summed E-state index contributed by atoms with van der Waals surface area (Å²) in [4.78, 5) is 21.1. The molecule has 1 aromatic rings. The summed E-state index contributed by atoms with van der Waals surface area (Å²) in [5.41, 5.74) is -0.120. The van der Waals surface area contributed by atoms with Gasteiger partial charge in [0.2, 0.25) is 0 Å². The topological polar surface area (TPSA) is 93.3 Å². The lowest BCUT2D eigenvalue weighted by molar-refractivity contribution is -0.385. The van der Waals surface area contributed by atoms with Crippen LogP contribution in [0.5, 0.6) is 0 Å². The van der Waals surface area contributed by atoms with E-state index in [9.17, 15) is 14.9 Å². The predicted octanol–water partition coefficient (Wildman–Crippen LogP) is 1.38. The number of nitrogens with zero attached hydrogens (tertiary/aromatic N) is 1. The van der Waals surface area contributed by atoms with Gasteiger partial charge >= 0.3 is 5.97 Å². The second kappa shape index (κ2) is 4.32. The number of carbonyl (C=O) groups excluding carboxylic acids is 1. The lowest BCUT2D eigenvalue weighted by Crippen LogP contribution is -2.06. The molecular weight excluding hydrogens is 200 g/mol. The number of methoxy groups -OCH3 is 1. The lowest BCUT2D eigenvalue weighted by atomic mass is 10.1. The molecule has 15 heavy (non-hydrogen) atoms. The van der Waals surface area contributed by atoms with Crippen LogP contribution in [0, 0.1) is 15.5 Å². The van der Waals surface area contributed by atoms with Gasteiger partial charge < -0.3 is 10.1 Å². The van der Waals surface area contributed by atoms with Crippen molar-refractivity contribution in [3.05, 3.63) is 39.4 Å². The third-order valence-electron chi connectivity index (χ3n) is 1.79. The van der Waals surface area contributed by atoms with Crippen molar-refractivity contribution in [1.82, 2.24) is 0 Å². The minimum absolute atomic E-state index is 0.117. The van der Waals surface area contributed by atoms with E-state index in [2.05, 4.69) is 4.74 Å². The van der Waals surface area contributed by atoms with Gasteiger partial charge in [-0.15, -0.1) is 0 Å². The fourth-order valence-corrected chi connectivity index (χ4v) is 1.07. The van der Waals surface area contributed by atoms with Crippen LogP contribution in [0.3, 0.4) is 0 Å². The van der Waals surface area contributed by atoms with Gasteiger partial charge in [-0.3, -0.25) is 10.1 Å². The van der Waals surface area contributed by atoms with Crippen molar-refractivity contribution in [3.63, 3.8) is 0 Å². The number of carbonyl (C=O) groups is 1. The molecule has 1 aromatic carbocycles. The molecule has 1 N–H and O–H groups in total. The average molecular weight is 208 g/mol. The van der Waals surface area contributed by atoms with Crippen LogP contribution < -0.4 is 0 Å². The monoisotopic (exact) mass is 208 g/mol. The standard InChI is InChI=1S/C9H8N2O4/c1-15-9(12)7-3-2-6(5-10)4-8(7)11(13)14/h2-5,10H,1H3. The smallest absolute Gasteiger partial charge is 0.344 e. The van der Waals surface area contributed by atoms with Crippen LogP contribution >= 0.6 is 0 Å². The summed E-state index contributed by atoms with van der Waals surface area (Å²) in [6, 6.07) is 3.86. The molecule has 6 nitrogen and oxygen atoms in total. The first-order valence-electron chi connectivity index (χ1n) is 3.97. The minimum atomic E-state index is -0.766. The van der Waals surface area contributed by atoms with Gasteiger partial charge in [0.05, 0.1) is 12.0 Å². The summed E-state index contributed by atoms with van der Waals surface area (Å²) in [7, 11) is 1.15. The van der Waals surface area contributed by atoms with Crippen LogP contribution in [0.4, 0.5) is 5.69 Å². The molecule has 0 fully saturated rings. The fraction of sp³-hybridized carbons (Fsp3) is 0.111. The maximum atomic E-state index is 11.2. The first-order valence-corrected chi connectivity index (χ1v) is 3.97. The fourth-order valence-electron chi connectivity index (χ4n) is 1.07. The highest BCUT2D eigenvalue weighted by Crippen LogP contribution is 2.20. The molecule has 0 saturated heterocycles. The number of nitro benzene ring substituents is 1. The van der Waals surface area contributed by atoms with Crippen LogP contribution in [0.15, 0.2) is 18.2 Å². The molecule has 0 heterocycles. The van der Waals surface area contributed by atoms with E-state index >= 15 is 0 Å². The Labute approximate surface area is 85.1 Å². The number of benzene rings is 1. The summed E-state index contributed by atoms with van der Waals surface area (Å²) in [5.74, 6) is -0.766. The molecule has 0 aliphatic rings. The Kier molecular flexibility index (Phi) is 3.12. The molecule has 6 heteroatoms. The van der Waals surface area contributed by atoms with E-state index in [-0.39, 0.29) is 11.3 Å². The van der Waals surface area contributed by atoms with Gasteiger partial charge in [0.15, 0.2) is 0 Å². The highest BCUT2D eigenvalue weighted by atomic mass is 16.6. The number of nitro groups is 1. The highest BCUT2D eigenvalue weighted by molar-refractivity contribution is 5.95. The molecule has 0 saturated carbocycles. The van der Waals surface area contributed by atoms with Crippen molar-refractivity contribution in [3.8, 4) is 0 Å². The molecule has 78 valence electrons. The summed E-state index contributed by atoms with van der Waals surface area (Å²) < 4.78 is 4.40.